The zero-order valence-corrected chi connectivity index (χ0v) is 12.4. The molecule has 1 N–H and O–H groups in total. The van der Waals surface area contributed by atoms with Crippen molar-refractivity contribution in [2.24, 2.45) is 0 Å². The maximum atomic E-state index is 5.93. The molecule has 0 saturated heterocycles. The van der Waals surface area contributed by atoms with E-state index in [2.05, 4.69) is 25.2 Å². The molecule has 1 aromatic carbocycles. The average molecular weight is 277 g/mol. The molecule has 110 valence electrons. The molecule has 0 aliphatic rings. The minimum absolute atomic E-state index is 0.422. The maximum absolute atomic E-state index is 5.93. The van der Waals surface area contributed by atoms with Gasteiger partial charge in [0, 0.05) is 24.1 Å². The molecule has 0 saturated carbocycles. The van der Waals surface area contributed by atoms with Crippen LogP contribution in [0.1, 0.15) is 25.2 Å². The second-order valence-corrected chi connectivity index (χ2v) is 5.08. The molecule has 20 heavy (non-hydrogen) atoms. The fourth-order valence-corrected chi connectivity index (χ4v) is 2.06. The Labute approximate surface area is 120 Å². The van der Waals surface area contributed by atoms with Crippen LogP contribution in [0.4, 0.5) is 0 Å². The summed E-state index contributed by atoms with van der Waals surface area (Å²) in [4.78, 5) is 0. The summed E-state index contributed by atoms with van der Waals surface area (Å²) >= 11 is 0. The van der Waals surface area contributed by atoms with Gasteiger partial charge in [0.1, 0.15) is 11.3 Å². The van der Waals surface area contributed by atoms with Crippen LogP contribution in [-0.2, 0) is 22.6 Å². The lowest BCUT2D eigenvalue weighted by molar-refractivity contribution is 0.0614. The minimum atomic E-state index is 0.422. The lowest BCUT2D eigenvalue weighted by Gasteiger charge is -2.08. The summed E-state index contributed by atoms with van der Waals surface area (Å²) < 4.78 is 16.6. The van der Waals surface area contributed by atoms with Crippen LogP contribution < -0.4 is 5.32 Å². The Morgan fingerprint density at radius 1 is 1.20 bits per heavy atom. The van der Waals surface area contributed by atoms with Gasteiger partial charge in [-0.15, -0.1) is 0 Å². The molecule has 0 atom stereocenters. The average Bonchev–Trinajstić information content (AvgIpc) is 2.79. The first kappa shape index (κ1) is 15.0. The number of benzene rings is 1. The van der Waals surface area contributed by atoms with E-state index in [-0.39, 0.29) is 0 Å². The van der Waals surface area contributed by atoms with Crippen LogP contribution in [-0.4, -0.2) is 26.4 Å². The highest BCUT2D eigenvalue weighted by Gasteiger charge is 2.14. The summed E-state index contributed by atoms with van der Waals surface area (Å²) in [6.45, 7) is 6.71. The number of hydrogen-bond acceptors (Lipinski definition) is 4. The van der Waals surface area contributed by atoms with E-state index in [9.17, 15) is 0 Å². The Hall–Kier alpha value is -1.36. The predicted molar refractivity (Wildman–Crippen MR) is 79.7 cm³/mol. The normalized spacial score (nSPS) is 11.6. The molecule has 0 bridgehead atoms. The molecular formula is C16H23NO3. The first-order valence-corrected chi connectivity index (χ1v) is 7.01. The number of hydrogen-bond donors (Lipinski definition) is 1. The number of furan rings is 1. The molecule has 4 nitrogen and oxygen atoms in total. The molecule has 0 radical (unpaired) electrons. The summed E-state index contributed by atoms with van der Waals surface area (Å²) in [5.74, 6) is 0.956. The van der Waals surface area contributed by atoms with Gasteiger partial charge in [-0.2, -0.15) is 0 Å². The Kier molecular flexibility index (Phi) is 5.59. The van der Waals surface area contributed by atoms with Gasteiger partial charge in [0.05, 0.1) is 26.4 Å². The van der Waals surface area contributed by atoms with Crippen molar-refractivity contribution in [3.8, 4) is 0 Å². The standard InChI is InChI=1S/C16H23NO3/c1-12(2)17-10-16-14(11-19-9-8-18-3)13-6-4-5-7-15(13)20-16/h4-7,12,17H,8-11H2,1-3H3. The number of nitrogens with one attached hydrogen (secondary N) is 1. The van der Waals surface area contributed by atoms with Crippen LogP contribution >= 0.6 is 0 Å². The van der Waals surface area contributed by atoms with Gasteiger partial charge in [0.2, 0.25) is 0 Å². The molecule has 1 heterocycles. The second kappa shape index (κ2) is 7.43. The summed E-state index contributed by atoms with van der Waals surface area (Å²) in [7, 11) is 1.68. The monoisotopic (exact) mass is 277 g/mol. The molecule has 0 spiro atoms. The van der Waals surface area contributed by atoms with Crippen molar-refractivity contribution in [3.63, 3.8) is 0 Å². The minimum Gasteiger partial charge on any atom is -0.459 e. The van der Waals surface area contributed by atoms with Gasteiger partial charge >= 0.3 is 0 Å². The molecule has 0 unspecified atom stereocenters. The van der Waals surface area contributed by atoms with E-state index in [4.69, 9.17) is 13.9 Å². The molecule has 0 aliphatic carbocycles. The van der Waals surface area contributed by atoms with Gasteiger partial charge in [-0.05, 0) is 6.07 Å². The van der Waals surface area contributed by atoms with Crippen molar-refractivity contribution in [2.45, 2.75) is 33.0 Å². The van der Waals surface area contributed by atoms with Gasteiger partial charge in [-0.25, -0.2) is 0 Å². The third-order valence-corrected chi connectivity index (χ3v) is 3.13. The number of fused-ring (bicyclic) bond motifs is 1. The van der Waals surface area contributed by atoms with Crippen molar-refractivity contribution in [3.05, 3.63) is 35.6 Å². The Morgan fingerprint density at radius 3 is 2.75 bits per heavy atom. The third kappa shape index (κ3) is 3.82. The molecule has 0 amide bonds. The van der Waals surface area contributed by atoms with Crippen LogP contribution in [0.5, 0.6) is 0 Å². The lowest BCUT2D eigenvalue weighted by atomic mass is 10.1. The molecule has 0 aliphatic heterocycles. The highest BCUT2D eigenvalue weighted by Crippen LogP contribution is 2.26. The number of ether oxygens (including phenoxy) is 2. The van der Waals surface area contributed by atoms with Crippen LogP contribution in [0.3, 0.4) is 0 Å². The smallest absolute Gasteiger partial charge is 0.134 e. The Bertz CT molecular complexity index is 534. The van der Waals surface area contributed by atoms with Gasteiger partial charge < -0.3 is 19.2 Å². The van der Waals surface area contributed by atoms with E-state index in [0.29, 0.717) is 25.9 Å². The van der Waals surface area contributed by atoms with Crippen molar-refractivity contribution in [2.75, 3.05) is 20.3 Å². The van der Waals surface area contributed by atoms with Gasteiger partial charge in [-0.3, -0.25) is 0 Å². The van der Waals surface area contributed by atoms with E-state index in [0.717, 1.165) is 28.8 Å². The van der Waals surface area contributed by atoms with Gasteiger partial charge in [0.25, 0.3) is 0 Å². The van der Waals surface area contributed by atoms with E-state index in [1.807, 2.05) is 18.2 Å². The fourth-order valence-electron chi connectivity index (χ4n) is 2.06. The molecule has 2 rings (SSSR count). The zero-order valence-electron chi connectivity index (χ0n) is 12.4. The van der Waals surface area contributed by atoms with Crippen molar-refractivity contribution in [1.82, 2.24) is 5.32 Å². The molecule has 4 heteroatoms. The summed E-state index contributed by atoms with van der Waals surface area (Å²) in [6.07, 6.45) is 0. The quantitative estimate of drug-likeness (QED) is 0.753. The van der Waals surface area contributed by atoms with Crippen molar-refractivity contribution in [1.29, 1.82) is 0 Å². The summed E-state index contributed by atoms with van der Waals surface area (Å²) in [5.41, 5.74) is 2.04. The Balaban J connectivity index is 2.16. The molecule has 1 aromatic heterocycles. The highest BCUT2D eigenvalue weighted by molar-refractivity contribution is 5.82. The number of rotatable bonds is 8. The second-order valence-electron chi connectivity index (χ2n) is 5.08. The summed E-state index contributed by atoms with van der Waals surface area (Å²) in [6, 6.07) is 8.50. The van der Waals surface area contributed by atoms with Crippen LogP contribution in [0.15, 0.2) is 28.7 Å². The number of methoxy groups -OCH3 is 1. The molecule has 0 fully saturated rings. The van der Waals surface area contributed by atoms with Crippen LogP contribution in [0, 0.1) is 0 Å². The van der Waals surface area contributed by atoms with Gasteiger partial charge in [-0.1, -0.05) is 32.0 Å². The topological polar surface area (TPSA) is 43.6 Å². The van der Waals surface area contributed by atoms with E-state index < -0.39 is 0 Å². The number of para-hydroxylation sites is 1. The van der Waals surface area contributed by atoms with Crippen LogP contribution in [0.2, 0.25) is 0 Å². The Morgan fingerprint density at radius 2 is 2.00 bits per heavy atom. The van der Waals surface area contributed by atoms with Crippen molar-refractivity contribution >= 4 is 11.0 Å². The van der Waals surface area contributed by atoms with E-state index >= 15 is 0 Å². The lowest BCUT2D eigenvalue weighted by Crippen LogP contribution is -2.22. The predicted octanol–water partition coefficient (Wildman–Crippen LogP) is 3.09. The van der Waals surface area contributed by atoms with Crippen molar-refractivity contribution < 1.29 is 13.9 Å². The van der Waals surface area contributed by atoms with Crippen LogP contribution in [0.25, 0.3) is 11.0 Å². The SMILES string of the molecule is COCCOCc1c(CNC(C)C)oc2ccccc12. The fraction of sp³-hybridized carbons (Fsp3) is 0.500. The van der Waals surface area contributed by atoms with Gasteiger partial charge in [0.15, 0.2) is 0 Å². The largest absolute Gasteiger partial charge is 0.459 e. The van der Waals surface area contributed by atoms with E-state index in [1.165, 1.54) is 0 Å². The zero-order chi connectivity index (χ0) is 14.4. The first-order valence-electron chi connectivity index (χ1n) is 7.01. The third-order valence-electron chi connectivity index (χ3n) is 3.13. The maximum Gasteiger partial charge on any atom is 0.134 e. The first-order chi connectivity index (χ1) is 9.72. The summed E-state index contributed by atoms with van der Waals surface area (Å²) in [5, 5.41) is 4.52. The molecular weight excluding hydrogens is 254 g/mol. The van der Waals surface area contributed by atoms with E-state index in [1.54, 1.807) is 7.11 Å². The molecule has 2 aromatic rings. The highest BCUT2D eigenvalue weighted by atomic mass is 16.5.